The number of nitrogens with zero attached hydrogens (tertiary/aromatic N) is 2. The number of unbranched alkanes of at least 4 members (excludes halogenated alkanes) is 1. The molecule has 0 saturated carbocycles. The zero-order chi connectivity index (χ0) is 48.2. The lowest BCUT2D eigenvalue weighted by Gasteiger charge is -2.16. The maximum Gasteiger partial charge on any atom is 0.315 e. The number of aryl methyl sites for hydroxylation is 1. The third-order valence-corrected chi connectivity index (χ3v) is 12.5. The van der Waals surface area contributed by atoms with Crippen molar-refractivity contribution in [3.63, 3.8) is 0 Å². The molecule has 3 aromatic rings. The molecule has 2 aromatic carbocycles. The van der Waals surface area contributed by atoms with Crippen molar-refractivity contribution in [1.82, 2.24) is 36.6 Å². The Labute approximate surface area is 404 Å². The van der Waals surface area contributed by atoms with E-state index >= 15 is 0 Å². The topological polar surface area (TPSA) is 232 Å². The molecule has 0 bridgehead atoms. The Kier molecular flexibility index (Phi) is 23.9. The number of urea groups is 1. The molecule has 7 N–H and O–H groups in total. The third-order valence-electron chi connectivity index (χ3n) is 11.0. The Morgan fingerprint density at radius 1 is 0.750 bits per heavy atom. The summed E-state index contributed by atoms with van der Waals surface area (Å²) in [6.45, 7) is 10.3. The van der Waals surface area contributed by atoms with Crippen LogP contribution in [0.3, 0.4) is 0 Å². The molecule has 370 valence electrons. The van der Waals surface area contributed by atoms with Crippen molar-refractivity contribution in [2.24, 2.45) is 0 Å². The largest absolute Gasteiger partial charge is 0.493 e. The van der Waals surface area contributed by atoms with Gasteiger partial charge in [0.2, 0.25) is 23.7 Å². The number of anilines is 4. The smallest absolute Gasteiger partial charge is 0.315 e. The van der Waals surface area contributed by atoms with Crippen LogP contribution in [0.1, 0.15) is 75.3 Å². The zero-order valence-electron chi connectivity index (χ0n) is 39.2. The van der Waals surface area contributed by atoms with Crippen molar-refractivity contribution in [1.29, 1.82) is 0 Å². The van der Waals surface area contributed by atoms with Crippen molar-refractivity contribution in [3.8, 4) is 5.75 Å². The highest BCUT2D eigenvalue weighted by Gasteiger charge is 2.42. The lowest BCUT2D eigenvalue weighted by atomic mass is 10.0. The molecular formula is C49H69N9O9S. The fourth-order valence-electron chi connectivity index (χ4n) is 7.38. The van der Waals surface area contributed by atoms with Gasteiger partial charge in [0, 0.05) is 98.7 Å². The first-order chi connectivity index (χ1) is 33.1. The van der Waals surface area contributed by atoms with Gasteiger partial charge in [0.15, 0.2) is 5.78 Å². The van der Waals surface area contributed by atoms with Gasteiger partial charge in [-0.1, -0.05) is 31.2 Å². The van der Waals surface area contributed by atoms with E-state index in [1.54, 1.807) is 6.20 Å². The van der Waals surface area contributed by atoms with Gasteiger partial charge in [-0.15, -0.1) is 0 Å². The minimum Gasteiger partial charge on any atom is -0.493 e. The predicted molar refractivity (Wildman–Crippen MR) is 264 cm³/mol. The summed E-state index contributed by atoms with van der Waals surface area (Å²) in [5.74, 6) is 2.46. The van der Waals surface area contributed by atoms with Crippen LogP contribution >= 0.6 is 11.8 Å². The summed E-state index contributed by atoms with van der Waals surface area (Å²) in [5.41, 5.74) is 3.28. The number of ketones is 1. The summed E-state index contributed by atoms with van der Waals surface area (Å²) in [6, 6.07) is 15.4. The molecule has 0 unspecified atom stereocenters. The number of allylic oxidation sites excluding steroid dienone is 1. The zero-order valence-corrected chi connectivity index (χ0v) is 40.1. The Bertz CT molecular complexity index is 2080. The number of thioether (sulfide) groups is 1. The molecular weight excluding hydrogens is 891 g/mol. The maximum absolute atomic E-state index is 12.3. The van der Waals surface area contributed by atoms with Crippen LogP contribution in [0.15, 0.2) is 67.4 Å². The SMILES string of the molecule is C=CC(=O)Cc1cccc(Nc2nc(Nc3cccc(OCCCNC(=O)CCCC(=O)NCCCOCCOCCOCCCNC(=O)CCCC[C@@H]4SC[C@@H]5NC(=O)N[C@@H]54)c3)ncc2C)c1. The standard InChI is InChI=1S/C49H69N9O9S/c1-3-39(59)31-36-12-6-13-37(30-36)54-47-35(2)33-53-48(58-47)55-38-14-7-15-40(32-38)67-25-11-22-52-45(62)19-8-18-44(61)51-21-10-24-65-27-29-66-28-26-64-23-9-20-50-43(60)17-5-4-16-42-46-41(34-68-42)56-49(63)57-46/h3,6-7,12-15,30,32-33,41-42,46H,1,4-5,8-11,16-29,31,34H2,2H3,(H,50,60)(H,51,61)(H,52,62)(H2,56,57,63)(H2,53,54,55,58)/t41-,42-,46-/m0/s1. The molecule has 2 fully saturated rings. The van der Waals surface area contributed by atoms with E-state index in [0.717, 1.165) is 53.9 Å². The van der Waals surface area contributed by atoms with E-state index in [4.69, 9.17) is 18.9 Å². The van der Waals surface area contributed by atoms with Gasteiger partial charge in [-0.2, -0.15) is 16.7 Å². The summed E-state index contributed by atoms with van der Waals surface area (Å²) < 4.78 is 22.6. The molecule has 2 saturated heterocycles. The van der Waals surface area contributed by atoms with Crippen molar-refractivity contribution < 1.29 is 42.9 Å². The van der Waals surface area contributed by atoms with Gasteiger partial charge in [-0.25, -0.2) is 9.78 Å². The minimum absolute atomic E-state index is 0.0459. The Morgan fingerprint density at radius 3 is 2.04 bits per heavy atom. The van der Waals surface area contributed by atoms with Crippen molar-refractivity contribution >= 4 is 64.4 Å². The first-order valence-corrected chi connectivity index (χ1v) is 24.8. The average molecular weight is 960 g/mol. The number of aromatic nitrogens is 2. The number of amides is 5. The minimum atomic E-state index is -0.106. The number of ether oxygens (including phenoxy) is 4. The van der Waals surface area contributed by atoms with Crippen LogP contribution in [0.4, 0.5) is 27.9 Å². The van der Waals surface area contributed by atoms with Crippen LogP contribution in [0.2, 0.25) is 0 Å². The second-order valence-corrected chi connectivity index (χ2v) is 17.8. The molecule has 2 aliphatic rings. The highest BCUT2D eigenvalue weighted by molar-refractivity contribution is 8.00. The van der Waals surface area contributed by atoms with Gasteiger partial charge in [0.25, 0.3) is 0 Å². The molecule has 3 heterocycles. The van der Waals surface area contributed by atoms with Crippen molar-refractivity contribution in [2.75, 3.05) is 82.3 Å². The number of benzene rings is 2. The van der Waals surface area contributed by atoms with Gasteiger partial charge in [-0.3, -0.25) is 19.2 Å². The fourth-order valence-corrected chi connectivity index (χ4v) is 8.92. The van der Waals surface area contributed by atoms with Gasteiger partial charge in [-0.05, 0) is 81.4 Å². The van der Waals surface area contributed by atoms with Crippen LogP contribution in [0.25, 0.3) is 0 Å². The monoisotopic (exact) mass is 959 g/mol. The van der Waals surface area contributed by atoms with Gasteiger partial charge < -0.3 is 56.2 Å². The number of carbonyl (C=O) groups excluding carboxylic acids is 5. The van der Waals surface area contributed by atoms with Crippen LogP contribution in [-0.2, 0) is 39.8 Å². The first kappa shape index (κ1) is 53.2. The van der Waals surface area contributed by atoms with Gasteiger partial charge in [0.1, 0.15) is 11.6 Å². The number of hydrogen-bond acceptors (Lipinski definition) is 14. The Hall–Kier alpha value is -5.76. The highest BCUT2D eigenvalue weighted by atomic mass is 32.2. The number of fused-ring (bicyclic) bond motifs is 1. The second kappa shape index (κ2) is 30.6. The quantitative estimate of drug-likeness (QED) is 0.0222. The normalized spacial score (nSPS) is 16.0. The molecule has 2 aliphatic heterocycles. The Morgan fingerprint density at radius 2 is 1.37 bits per heavy atom. The van der Waals surface area contributed by atoms with Crippen molar-refractivity contribution in [2.45, 2.75) is 94.9 Å². The fraction of sp³-hybridized carbons (Fsp3) is 0.531. The molecule has 19 heteroatoms. The summed E-state index contributed by atoms with van der Waals surface area (Å²) in [6.07, 6.45) is 9.68. The lowest BCUT2D eigenvalue weighted by Crippen LogP contribution is -2.36. The van der Waals surface area contributed by atoms with E-state index < -0.39 is 0 Å². The highest BCUT2D eigenvalue weighted by Crippen LogP contribution is 2.33. The van der Waals surface area contributed by atoms with Crippen LogP contribution in [0, 0.1) is 6.92 Å². The average Bonchev–Trinajstić information content (AvgIpc) is 3.89. The summed E-state index contributed by atoms with van der Waals surface area (Å²) in [5, 5.41) is 21.6. The number of hydrogen-bond donors (Lipinski definition) is 7. The van der Waals surface area contributed by atoms with Crippen molar-refractivity contribution in [3.05, 3.63) is 78.5 Å². The summed E-state index contributed by atoms with van der Waals surface area (Å²) >= 11 is 1.90. The molecule has 1 aromatic heterocycles. The molecule has 0 radical (unpaired) electrons. The van der Waals surface area contributed by atoms with E-state index in [1.807, 2.05) is 67.2 Å². The molecule has 0 spiro atoms. The molecule has 5 rings (SSSR count). The second-order valence-electron chi connectivity index (χ2n) is 16.6. The van der Waals surface area contributed by atoms with E-state index in [-0.39, 0.29) is 60.9 Å². The first-order valence-electron chi connectivity index (χ1n) is 23.7. The Balaban J connectivity index is 0.775. The van der Waals surface area contributed by atoms with E-state index in [9.17, 15) is 24.0 Å². The molecule has 5 amide bonds. The number of rotatable bonds is 35. The summed E-state index contributed by atoms with van der Waals surface area (Å²) in [4.78, 5) is 69.0. The molecule has 0 aliphatic carbocycles. The molecule has 18 nitrogen and oxygen atoms in total. The van der Waals surface area contributed by atoms with E-state index in [0.29, 0.717) is 114 Å². The predicted octanol–water partition coefficient (Wildman–Crippen LogP) is 5.41. The number of carbonyl (C=O) groups is 5. The lowest BCUT2D eigenvalue weighted by molar-refractivity contribution is -0.123. The van der Waals surface area contributed by atoms with Crippen LogP contribution in [-0.4, -0.2) is 128 Å². The third kappa shape index (κ3) is 20.6. The number of nitrogens with one attached hydrogen (secondary N) is 7. The molecule has 68 heavy (non-hydrogen) atoms. The van der Waals surface area contributed by atoms with E-state index in [2.05, 4.69) is 53.8 Å². The van der Waals surface area contributed by atoms with Crippen LogP contribution in [0.5, 0.6) is 5.75 Å². The maximum atomic E-state index is 12.3. The van der Waals surface area contributed by atoms with E-state index in [1.165, 1.54) is 6.08 Å². The summed E-state index contributed by atoms with van der Waals surface area (Å²) in [7, 11) is 0. The van der Waals surface area contributed by atoms with Gasteiger partial charge in [0.05, 0.1) is 45.1 Å². The van der Waals surface area contributed by atoms with Crippen LogP contribution < -0.4 is 42.0 Å². The molecule has 3 atom stereocenters. The van der Waals surface area contributed by atoms with Gasteiger partial charge >= 0.3 is 6.03 Å².